The highest BCUT2D eigenvalue weighted by Crippen LogP contribution is 2.33. The Balaban J connectivity index is 0.000000908. The second kappa shape index (κ2) is 20.3. The van der Waals surface area contributed by atoms with Gasteiger partial charge >= 0.3 is 11.9 Å². The molecule has 1 fully saturated rings. The molecule has 1 aliphatic carbocycles. The van der Waals surface area contributed by atoms with E-state index in [9.17, 15) is 24.6 Å². The van der Waals surface area contributed by atoms with E-state index >= 15 is 0 Å². The van der Waals surface area contributed by atoms with Gasteiger partial charge in [0.05, 0.1) is 12.2 Å². The molecule has 0 saturated heterocycles. The quantitative estimate of drug-likeness (QED) is 0.0628. The normalized spacial score (nSPS) is 21.0. The Morgan fingerprint density at radius 3 is 2.41 bits per heavy atom. The molecule has 0 heterocycles. The van der Waals surface area contributed by atoms with Crippen molar-refractivity contribution in [1.82, 2.24) is 0 Å². The van der Waals surface area contributed by atoms with Crippen molar-refractivity contribution in [2.45, 2.75) is 95.8 Å². The third-order valence-electron chi connectivity index (χ3n) is 6.00. The van der Waals surface area contributed by atoms with Crippen LogP contribution >= 0.6 is 0 Å². The number of aliphatic carboxylic acids is 2. The summed E-state index contributed by atoms with van der Waals surface area (Å²) < 4.78 is 0. The summed E-state index contributed by atoms with van der Waals surface area (Å²) >= 11 is 0. The highest BCUT2D eigenvalue weighted by atomic mass is 16.4. The maximum Gasteiger partial charge on any atom is 0.320 e. The molecule has 11 heteroatoms. The molecule has 3 unspecified atom stereocenters. The first-order valence-corrected chi connectivity index (χ1v) is 13.0. The van der Waals surface area contributed by atoms with Gasteiger partial charge in [-0.2, -0.15) is 0 Å². The third-order valence-corrected chi connectivity index (χ3v) is 6.00. The van der Waals surface area contributed by atoms with Gasteiger partial charge in [0.25, 0.3) is 0 Å². The van der Waals surface area contributed by atoms with E-state index < -0.39 is 30.2 Å². The summed E-state index contributed by atoms with van der Waals surface area (Å²) in [4.78, 5) is 36.4. The standard InChI is InChI=1S/C20H32O5.C6H14N4O2/c1-2-3-6-9-15(21)12-13-17-16(18(22)14-19(17)23)10-7-4-5-8-11-20(24)25;7-4(5(11)12)2-1-3-10-6(8)9/h4,7,12-13,15-18,21-22H,2-3,5-6,8-11,14H2,1H3,(H,24,25);4H,1-3,7H2,(H,11,12)(H4,8,9,10)/b7-4-,13-12+;/t15?,16?,17?,18-;4-/m00/s1. The number of aliphatic imine (C=N–C) groups is 1. The van der Waals surface area contributed by atoms with Crippen molar-refractivity contribution in [2.75, 3.05) is 6.54 Å². The number of aliphatic hydroxyl groups is 2. The maximum absolute atomic E-state index is 12.1. The van der Waals surface area contributed by atoms with Crippen molar-refractivity contribution in [3.05, 3.63) is 24.3 Å². The number of carbonyl (C=O) groups is 3. The topological polar surface area (TPSA) is 223 Å². The van der Waals surface area contributed by atoms with Crippen LogP contribution in [-0.2, 0) is 14.4 Å². The average molecular weight is 527 g/mol. The predicted octanol–water partition coefficient (Wildman–Crippen LogP) is 1.70. The number of Topliss-reactive ketones (excluding diaryl/α,β-unsaturated/α-hetero) is 1. The third kappa shape index (κ3) is 17.4. The van der Waals surface area contributed by atoms with Crippen molar-refractivity contribution in [1.29, 1.82) is 0 Å². The van der Waals surface area contributed by atoms with E-state index in [4.69, 9.17) is 27.4 Å². The van der Waals surface area contributed by atoms with Crippen LogP contribution in [-0.4, -0.2) is 68.9 Å². The number of unbranched alkanes of at least 4 members (excludes halogenated alkanes) is 3. The number of aliphatic hydroxyl groups excluding tert-OH is 2. The van der Waals surface area contributed by atoms with Gasteiger partial charge in [-0.05, 0) is 38.5 Å². The van der Waals surface area contributed by atoms with Crippen LogP contribution in [0, 0.1) is 11.8 Å². The number of carboxylic acid groups (broad SMARTS) is 2. The van der Waals surface area contributed by atoms with E-state index in [0.29, 0.717) is 45.1 Å². The number of allylic oxidation sites excluding steroid dienone is 3. The summed E-state index contributed by atoms with van der Waals surface area (Å²) in [5.41, 5.74) is 15.3. The maximum atomic E-state index is 12.1. The lowest BCUT2D eigenvalue weighted by Gasteiger charge is -2.17. The molecule has 0 aromatic heterocycles. The minimum absolute atomic E-state index is 0.0129. The highest BCUT2D eigenvalue weighted by molar-refractivity contribution is 5.86. The molecule has 1 aliphatic rings. The molecule has 0 bridgehead atoms. The average Bonchev–Trinajstić information content (AvgIpc) is 3.09. The molecule has 212 valence electrons. The Morgan fingerprint density at radius 1 is 1.11 bits per heavy atom. The Bertz CT molecular complexity index is 766. The first-order chi connectivity index (χ1) is 17.5. The molecule has 0 spiro atoms. The summed E-state index contributed by atoms with van der Waals surface area (Å²) in [5, 5.41) is 37.1. The monoisotopic (exact) mass is 526 g/mol. The van der Waals surface area contributed by atoms with Gasteiger partial charge in [0.2, 0.25) is 0 Å². The van der Waals surface area contributed by atoms with Gasteiger partial charge in [-0.15, -0.1) is 0 Å². The van der Waals surface area contributed by atoms with E-state index in [-0.39, 0.29) is 36.4 Å². The van der Waals surface area contributed by atoms with E-state index in [1.165, 1.54) is 0 Å². The zero-order chi connectivity index (χ0) is 28.2. The smallest absolute Gasteiger partial charge is 0.320 e. The lowest BCUT2D eigenvalue weighted by Crippen LogP contribution is -2.30. The number of nitrogens with zero attached hydrogens (tertiary/aromatic N) is 1. The van der Waals surface area contributed by atoms with Gasteiger partial charge in [-0.1, -0.05) is 50.5 Å². The molecule has 0 aromatic carbocycles. The number of carbonyl (C=O) groups excluding carboxylic acids is 1. The van der Waals surface area contributed by atoms with Gasteiger partial charge in [0.1, 0.15) is 11.8 Å². The molecule has 1 saturated carbocycles. The first-order valence-electron chi connectivity index (χ1n) is 13.0. The number of guanidine groups is 1. The Morgan fingerprint density at radius 2 is 1.81 bits per heavy atom. The van der Waals surface area contributed by atoms with Crippen LogP contribution in [0.3, 0.4) is 0 Å². The molecule has 0 amide bonds. The van der Waals surface area contributed by atoms with Gasteiger partial charge in [-0.25, -0.2) is 0 Å². The molecule has 0 radical (unpaired) electrons. The van der Waals surface area contributed by atoms with Crippen LogP contribution < -0.4 is 17.2 Å². The predicted molar refractivity (Wildman–Crippen MR) is 143 cm³/mol. The number of rotatable bonds is 17. The van der Waals surface area contributed by atoms with Crippen LogP contribution in [0.25, 0.3) is 0 Å². The van der Waals surface area contributed by atoms with E-state index in [2.05, 4.69) is 11.9 Å². The summed E-state index contributed by atoms with van der Waals surface area (Å²) in [5.74, 6) is -2.28. The van der Waals surface area contributed by atoms with Crippen LogP contribution in [0.5, 0.6) is 0 Å². The highest BCUT2D eigenvalue weighted by Gasteiger charge is 2.39. The SMILES string of the molecule is CCCCCC(O)/C=C/C1C(=O)C[C@H](O)C1C/C=C\CCCC(=O)O.NC(N)=NCCC[C@H](N)C(=O)O. The fourth-order valence-corrected chi connectivity index (χ4v) is 3.86. The molecule has 11 nitrogen and oxygen atoms in total. The van der Waals surface area contributed by atoms with Gasteiger partial charge < -0.3 is 37.6 Å². The van der Waals surface area contributed by atoms with Crippen LogP contribution in [0.1, 0.15) is 77.6 Å². The van der Waals surface area contributed by atoms with Crippen LogP contribution in [0.2, 0.25) is 0 Å². The number of carboxylic acids is 2. The lowest BCUT2D eigenvalue weighted by atomic mass is 9.90. The Kier molecular flexibility index (Phi) is 18.8. The van der Waals surface area contributed by atoms with Crippen molar-refractivity contribution >= 4 is 23.7 Å². The molecular weight excluding hydrogens is 480 g/mol. The molecule has 5 atom stereocenters. The second-order valence-electron chi connectivity index (χ2n) is 9.26. The molecular formula is C26H46N4O7. The summed E-state index contributed by atoms with van der Waals surface area (Å²) in [7, 11) is 0. The minimum atomic E-state index is -1.00. The number of hydrogen-bond acceptors (Lipinski definition) is 7. The van der Waals surface area contributed by atoms with Crippen LogP contribution in [0.4, 0.5) is 0 Å². The molecule has 0 aromatic rings. The van der Waals surface area contributed by atoms with E-state index in [0.717, 1.165) is 19.3 Å². The van der Waals surface area contributed by atoms with Gasteiger partial charge in [0.15, 0.2) is 5.96 Å². The molecule has 10 N–H and O–H groups in total. The molecule has 1 rings (SSSR count). The number of hydrogen-bond donors (Lipinski definition) is 7. The van der Waals surface area contributed by atoms with E-state index in [1.54, 1.807) is 12.2 Å². The number of nitrogens with two attached hydrogens (primary N) is 3. The summed E-state index contributed by atoms with van der Waals surface area (Å²) in [6.45, 7) is 2.53. The summed E-state index contributed by atoms with van der Waals surface area (Å²) in [6, 6.07) is -0.820. The van der Waals surface area contributed by atoms with E-state index in [1.807, 2.05) is 12.2 Å². The van der Waals surface area contributed by atoms with Crippen molar-refractivity contribution in [3.63, 3.8) is 0 Å². The summed E-state index contributed by atoms with van der Waals surface area (Å²) in [6.07, 6.45) is 13.1. The first kappa shape index (κ1) is 34.2. The molecule has 37 heavy (non-hydrogen) atoms. The van der Waals surface area contributed by atoms with Crippen molar-refractivity contribution in [3.8, 4) is 0 Å². The Hall–Kier alpha value is -2.76. The zero-order valence-electron chi connectivity index (χ0n) is 21.9. The Labute approximate surface area is 219 Å². The van der Waals surface area contributed by atoms with Crippen molar-refractivity contribution in [2.24, 2.45) is 34.0 Å². The lowest BCUT2D eigenvalue weighted by molar-refractivity contribution is -0.139. The fourth-order valence-electron chi connectivity index (χ4n) is 3.86. The number of ketones is 1. The molecule has 0 aliphatic heterocycles. The minimum Gasteiger partial charge on any atom is -0.481 e. The van der Waals surface area contributed by atoms with Gasteiger partial charge in [-0.3, -0.25) is 19.4 Å². The fraction of sp³-hybridized carbons (Fsp3) is 0.692. The van der Waals surface area contributed by atoms with Gasteiger partial charge in [0, 0.05) is 31.2 Å². The zero-order valence-corrected chi connectivity index (χ0v) is 21.9. The second-order valence-corrected chi connectivity index (χ2v) is 9.26. The van der Waals surface area contributed by atoms with Crippen molar-refractivity contribution < 1.29 is 34.8 Å². The van der Waals surface area contributed by atoms with Crippen LogP contribution in [0.15, 0.2) is 29.3 Å². The largest absolute Gasteiger partial charge is 0.481 e.